The van der Waals surface area contributed by atoms with Gasteiger partial charge in [0.1, 0.15) is 18.1 Å². The number of hydrogen-bond acceptors (Lipinski definition) is 8. The maximum atomic E-state index is 12.8. The summed E-state index contributed by atoms with van der Waals surface area (Å²) in [5.74, 6) is -3.94. The molecule has 1 aliphatic heterocycles. The number of carboxylic acid groups (broad SMARTS) is 2. The molecule has 4 atom stereocenters. The van der Waals surface area contributed by atoms with Crippen LogP contribution >= 0.6 is 11.8 Å². The Balaban J connectivity index is 2.79. The van der Waals surface area contributed by atoms with E-state index in [9.17, 15) is 34.2 Å². The standard InChI is InChI=1S/C18H30N4O8S/c1-31-8-6-10(19)15(26)21-12(9-23)17(28)22-7-2-3-13(22)16(27)20-11(18(29)30)4-5-14(24)25/h10-13,23H,2-9,19H2,1H3,(H,20,27)(H,21,26)(H,24,25)(H,29,30). The summed E-state index contributed by atoms with van der Waals surface area (Å²) < 4.78 is 0. The molecule has 0 saturated carbocycles. The van der Waals surface area contributed by atoms with E-state index in [-0.39, 0.29) is 19.4 Å². The number of aliphatic carboxylic acids is 2. The monoisotopic (exact) mass is 462 g/mol. The van der Waals surface area contributed by atoms with Crippen molar-refractivity contribution in [2.24, 2.45) is 5.73 Å². The van der Waals surface area contributed by atoms with E-state index in [1.165, 1.54) is 16.7 Å². The number of carboxylic acids is 2. The van der Waals surface area contributed by atoms with Crippen molar-refractivity contribution < 1.29 is 39.3 Å². The van der Waals surface area contributed by atoms with Crippen molar-refractivity contribution in [1.82, 2.24) is 15.5 Å². The van der Waals surface area contributed by atoms with Gasteiger partial charge in [0.05, 0.1) is 12.6 Å². The maximum absolute atomic E-state index is 12.8. The second kappa shape index (κ2) is 13.1. The van der Waals surface area contributed by atoms with E-state index in [4.69, 9.17) is 10.8 Å². The zero-order chi connectivity index (χ0) is 23.6. The normalized spacial score (nSPS) is 18.7. The Labute approximate surface area is 183 Å². The summed E-state index contributed by atoms with van der Waals surface area (Å²) in [7, 11) is 0. The van der Waals surface area contributed by atoms with Crippen LogP contribution < -0.4 is 16.4 Å². The van der Waals surface area contributed by atoms with E-state index >= 15 is 0 Å². The van der Waals surface area contributed by atoms with Crippen LogP contribution in [0.2, 0.25) is 0 Å². The first-order valence-electron chi connectivity index (χ1n) is 9.83. The van der Waals surface area contributed by atoms with Crippen LogP contribution in [0, 0.1) is 0 Å². The minimum atomic E-state index is -1.41. The Hall–Kier alpha value is -2.38. The summed E-state index contributed by atoms with van der Waals surface area (Å²) in [6, 6.07) is -4.54. The van der Waals surface area contributed by atoms with Gasteiger partial charge in [0, 0.05) is 13.0 Å². The number of hydrogen-bond donors (Lipinski definition) is 6. The third-order valence-corrected chi connectivity index (χ3v) is 5.51. The number of aliphatic hydroxyl groups excluding tert-OH is 1. The molecule has 4 unspecified atom stereocenters. The number of carbonyl (C=O) groups excluding carboxylic acids is 3. The Morgan fingerprint density at radius 2 is 1.81 bits per heavy atom. The van der Waals surface area contributed by atoms with Crippen LogP contribution in [-0.4, -0.2) is 99.2 Å². The SMILES string of the molecule is CSCCC(N)C(=O)NC(CO)C(=O)N1CCCC1C(=O)NC(CCC(=O)O)C(=O)O. The predicted molar refractivity (Wildman–Crippen MR) is 111 cm³/mol. The summed E-state index contributed by atoms with van der Waals surface area (Å²) in [5.41, 5.74) is 5.77. The largest absolute Gasteiger partial charge is 0.481 e. The van der Waals surface area contributed by atoms with Crippen molar-refractivity contribution in [2.75, 3.05) is 25.2 Å². The third kappa shape index (κ3) is 8.34. The number of carbonyl (C=O) groups is 5. The van der Waals surface area contributed by atoms with Gasteiger partial charge in [0.2, 0.25) is 17.7 Å². The van der Waals surface area contributed by atoms with Crippen molar-refractivity contribution in [2.45, 2.75) is 56.3 Å². The third-order valence-electron chi connectivity index (χ3n) is 4.87. The molecular formula is C18H30N4O8S. The second-order valence-corrected chi connectivity index (χ2v) is 8.14. The van der Waals surface area contributed by atoms with E-state index in [2.05, 4.69) is 10.6 Å². The van der Waals surface area contributed by atoms with Crippen molar-refractivity contribution >= 4 is 41.4 Å². The van der Waals surface area contributed by atoms with Crippen molar-refractivity contribution in [1.29, 1.82) is 0 Å². The van der Waals surface area contributed by atoms with Gasteiger partial charge in [-0.15, -0.1) is 0 Å². The van der Waals surface area contributed by atoms with E-state index < -0.39 is 66.9 Å². The van der Waals surface area contributed by atoms with Crippen LogP contribution in [0.1, 0.15) is 32.1 Å². The molecule has 12 nitrogen and oxygen atoms in total. The average molecular weight is 463 g/mol. The average Bonchev–Trinajstić information content (AvgIpc) is 3.21. The van der Waals surface area contributed by atoms with Gasteiger partial charge < -0.3 is 36.6 Å². The molecule has 1 saturated heterocycles. The lowest BCUT2D eigenvalue weighted by Crippen LogP contribution is -2.57. The summed E-state index contributed by atoms with van der Waals surface area (Å²) in [6.07, 6.45) is 2.24. The number of nitrogens with zero attached hydrogens (tertiary/aromatic N) is 1. The molecule has 1 fully saturated rings. The van der Waals surface area contributed by atoms with Crippen molar-refractivity contribution in [3.05, 3.63) is 0 Å². The van der Waals surface area contributed by atoms with E-state index in [0.717, 1.165) is 0 Å². The van der Waals surface area contributed by atoms with Crippen LogP contribution in [0.25, 0.3) is 0 Å². The Bertz CT molecular complexity index is 677. The molecule has 31 heavy (non-hydrogen) atoms. The number of likely N-dealkylation sites (tertiary alicyclic amines) is 1. The lowest BCUT2D eigenvalue weighted by molar-refractivity contribution is -0.145. The fraction of sp³-hybridized carbons (Fsp3) is 0.722. The first kappa shape index (κ1) is 26.7. The highest BCUT2D eigenvalue weighted by Crippen LogP contribution is 2.19. The smallest absolute Gasteiger partial charge is 0.326 e. The van der Waals surface area contributed by atoms with Crippen LogP contribution in [0.4, 0.5) is 0 Å². The number of thioether (sulfide) groups is 1. The molecule has 176 valence electrons. The molecule has 0 spiro atoms. The molecular weight excluding hydrogens is 432 g/mol. The topological polar surface area (TPSA) is 199 Å². The molecule has 0 aliphatic carbocycles. The second-order valence-electron chi connectivity index (χ2n) is 7.15. The molecule has 3 amide bonds. The highest BCUT2D eigenvalue weighted by Gasteiger charge is 2.39. The van der Waals surface area contributed by atoms with Crippen LogP contribution in [0.3, 0.4) is 0 Å². The molecule has 0 radical (unpaired) electrons. The highest BCUT2D eigenvalue weighted by atomic mass is 32.2. The zero-order valence-electron chi connectivity index (χ0n) is 17.3. The van der Waals surface area contributed by atoms with Gasteiger partial charge >= 0.3 is 11.9 Å². The van der Waals surface area contributed by atoms with Crippen molar-refractivity contribution in [3.63, 3.8) is 0 Å². The van der Waals surface area contributed by atoms with Gasteiger partial charge in [-0.25, -0.2) is 4.79 Å². The van der Waals surface area contributed by atoms with Crippen LogP contribution in [0.5, 0.6) is 0 Å². The number of aliphatic hydroxyl groups is 1. The fourth-order valence-corrected chi connectivity index (χ4v) is 3.63. The summed E-state index contributed by atoms with van der Waals surface area (Å²) in [5, 5.41) is 32.2. The first-order chi connectivity index (χ1) is 14.6. The van der Waals surface area contributed by atoms with Crippen LogP contribution in [-0.2, 0) is 24.0 Å². The molecule has 0 aromatic carbocycles. The van der Waals surface area contributed by atoms with Crippen molar-refractivity contribution in [3.8, 4) is 0 Å². The van der Waals surface area contributed by atoms with E-state index in [1.54, 1.807) is 0 Å². The first-order valence-corrected chi connectivity index (χ1v) is 11.2. The molecule has 1 heterocycles. The van der Waals surface area contributed by atoms with Gasteiger partial charge in [0.15, 0.2) is 0 Å². The molecule has 0 aromatic heterocycles. The summed E-state index contributed by atoms with van der Waals surface area (Å²) >= 11 is 1.51. The molecule has 13 heteroatoms. The minimum absolute atomic E-state index is 0.189. The summed E-state index contributed by atoms with van der Waals surface area (Å²) in [6.45, 7) is -0.504. The number of rotatable bonds is 13. The molecule has 1 rings (SSSR count). The number of amides is 3. The van der Waals surface area contributed by atoms with Crippen LogP contribution in [0.15, 0.2) is 0 Å². The van der Waals surface area contributed by atoms with Gasteiger partial charge in [-0.1, -0.05) is 0 Å². The zero-order valence-corrected chi connectivity index (χ0v) is 18.1. The van der Waals surface area contributed by atoms with Gasteiger partial charge in [-0.05, 0) is 37.7 Å². The Kier molecular flexibility index (Phi) is 11.3. The maximum Gasteiger partial charge on any atom is 0.326 e. The molecule has 7 N–H and O–H groups in total. The van der Waals surface area contributed by atoms with Gasteiger partial charge in [0.25, 0.3) is 0 Å². The highest BCUT2D eigenvalue weighted by molar-refractivity contribution is 7.98. The lowest BCUT2D eigenvalue weighted by Gasteiger charge is -2.29. The molecule has 0 aromatic rings. The number of nitrogens with two attached hydrogens (primary N) is 1. The molecule has 0 bridgehead atoms. The molecule has 1 aliphatic rings. The van der Waals surface area contributed by atoms with E-state index in [1.807, 2.05) is 6.26 Å². The van der Waals surface area contributed by atoms with Gasteiger partial charge in [-0.3, -0.25) is 19.2 Å². The fourth-order valence-electron chi connectivity index (χ4n) is 3.14. The Morgan fingerprint density at radius 3 is 2.35 bits per heavy atom. The quantitative estimate of drug-likeness (QED) is 0.177. The Morgan fingerprint density at radius 1 is 1.13 bits per heavy atom. The summed E-state index contributed by atoms with van der Waals surface area (Å²) in [4.78, 5) is 60.8. The predicted octanol–water partition coefficient (Wildman–Crippen LogP) is -2.03. The van der Waals surface area contributed by atoms with Gasteiger partial charge in [-0.2, -0.15) is 11.8 Å². The number of nitrogens with one attached hydrogen (secondary N) is 2. The van der Waals surface area contributed by atoms with E-state index in [0.29, 0.717) is 18.6 Å². The lowest BCUT2D eigenvalue weighted by atomic mass is 10.1. The minimum Gasteiger partial charge on any atom is -0.481 e.